The lowest BCUT2D eigenvalue weighted by molar-refractivity contribution is -0.130. The van der Waals surface area contributed by atoms with E-state index in [1.54, 1.807) is 35.0 Å². The number of rotatable bonds is 6. The molecule has 3 aromatic rings. The second kappa shape index (κ2) is 7.51. The molecule has 136 valence electrons. The molecular weight excluding hydrogens is 333 g/mol. The number of hydrogen-bond donors (Lipinski definition) is 1. The highest BCUT2D eigenvalue weighted by molar-refractivity contribution is 5.76. The Morgan fingerprint density at radius 1 is 1.27 bits per heavy atom. The van der Waals surface area contributed by atoms with E-state index in [2.05, 4.69) is 15.3 Å². The maximum atomic E-state index is 13.0. The smallest absolute Gasteiger partial charge is 0.223 e. The van der Waals surface area contributed by atoms with Crippen molar-refractivity contribution in [2.24, 2.45) is 0 Å². The lowest BCUT2D eigenvalue weighted by Gasteiger charge is -2.16. The Bertz CT molecular complexity index is 897. The Balaban J connectivity index is 1.57. The summed E-state index contributed by atoms with van der Waals surface area (Å²) in [7, 11) is 1.78. The molecule has 1 N–H and O–H groups in total. The highest BCUT2D eigenvalue weighted by atomic mass is 19.1. The zero-order valence-corrected chi connectivity index (χ0v) is 15.2. The molecule has 0 fully saturated rings. The van der Waals surface area contributed by atoms with Crippen LogP contribution < -0.4 is 0 Å². The largest absolute Gasteiger partial charge is 0.341 e. The third kappa shape index (κ3) is 3.99. The first-order valence-electron chi connectivity index (χ1n) is 8.48. The molecule has 1 aromatic carbocycles. The normalized spacial score (nSPS) is 10.9. The van der Waals surface area contributed by atoms with Crippen LogP contribution in [0.1, 0.15) is 28.9 Å². The molecule has 26 heavy (non-hydrogen) atoms. The van der Waals surface area contributed by atoms with E-state index < -0.39 is 0 Å². The van der Waals surface area contributed by atoms with E-state index in [0.29, 0.717) is 19.4 Å². The second-order valence-electron chi connectivity index (χ2n) is 6.44. The van der Waals surface area contributed by atoms with Crippen LogP contribution in [0.5, 0.6) is 0 Å². The number of hydrogen-bond acceptors (Lipinski definition) is 3. The topological polar surface area (TPSA) is 66.8 Å². The van der Waals surface area contributed by atoms with Gasteiger partial charge in [0.1, 0.15) is 5.82 Å². The number of amides is 1. The van der Waals surface area contributed by atoms with E-state index >= 15 is 0 Å². The summed E-state index contributed by atoms with van der Waals surface area (Å²) in [6.45, 7) is 4.45. The summed E-state index contributed by atoms with van der Waals surface area (Å²) in [5, 5.41) is 11.5. The van der Waals surface area contributed by atoms with E-state index in [-0.39, 0.29) is 11.7 Å². The van der Waals surface area contributed by atoms with Gasteiger partial charge in [0.2, 0.25) is 5.91 Å². The molecule has 2 heterocycles. The molecule has 0 aliphatic carbocycles. The number of halogens is 1. The maximum Gasteiger partial charge on any atom is 0.223 e. The van der Waals surface area contributed by atoms with Crippen molar-refractivity contribution in [1.29, 1.82) is 0 Å². The minimum absolute atomic E-state index is 0.0552. The van der Waals surface area contributed by atoms with E-state index in [1.807, 2.05) is 20.0 Å². The van der Waals surface area contributed by atoms with E-state index in [0.717, 1.165) is 28.2 Å². The van der Waals surface area contributed by atoms with Gasteiger partial charge in [-0.15, -0.1) is 0 Å². The van der Waals surface area contributed by atoms with Crippen molar-refractivity contribution in [3.63, 3.8) is 0 Å². The van der Waals surface area contributed by atoms with Crippen LogP contribution in [-0.2, 0) is 17.8 Å². The first-order valence-corrected chi connectivity index (χ1v) is 8.48. The van der Waals surface area contributed by atoms with Crippen LogP contribution in [0.3, 0.4) is 0 Å². The van der Waals surface area contributed by atoms with Crippen LogP contribution in [0.25, 0.3) is 5.69 Å². The van der Waals surface area contributed by atoms with Gasteiger partial charge in [-0.3, -0.25) is 9.89 Å². The number of nitrogens with zero attached hydrogens (tertiary/aromatic N) is 4. The van der Waals surface area contributed by atoms with Crippen LogP contribution in [-0.4, -0.2) is 37.8 Å². The fraction of sp³-hybridized carbons (Fsp3) is 0.316. The molecule has 0 bridgehead atoms. The van der Waals surface area contributed by atoms with Gasteiger partial charge < -0.3 is 4.90 Å². The molecule has 0 aliphatic rings. The molecule has 3 rings (SSSR count). The molecule has 0 atom stereocenters. The van der Waals surface area contributed by atoms with Crippen LogP contribution >= 0.6 is 0 Å². The van der Waals surface area contributed by atoms with Gasteiger partial charge in [-0.05, 0) is 43.7 Å². The predicted octanol–water partition coefficient (Wildman–Crippen LogP) is 2.94. The minimum atomic E-state index is -0.284. The number of aromatic amines is 1. The van der Waals surface area contributed by atoms with E-state index in [9.17, 15) is 9.18 Å². The number of carbonyl (C=O) groups excluding carboxylic acids is 1. The molecule has 1 amide bonds. The second-order valence-corrected chi connectivity index (χ2v) is 6.44. The highest BCUT2D eigenvalue weighted by Crippen LogP contribution is 2.13. The number of aromatic nitrogens is 4. The van der Waals surface area contributed by atoms with Gasteiger partial charge in [0.05, 0.1) is 17.6 Å². The summed E-state index contributed by atoms with van der Waals surface area (Å²) in [5.74, 6) is -0.228. The van der Waals surface area contributed by atoms with E-state index in [1.165, 1.54) is 12.1 Å². The summed E-state index contributed by atoms with van der Waals surface area (Å²) in [6.07, 6.45) is 4.59. The van der Waals surface area contributed by atoms with Gasteiger partial charge in [-0.25, -0.2) is 9.07 Å². The minimum Gasteiger partial charge on any atom is -0.341 e. The molecule has 0 saturated heterocycles. The molecular formula is C19H22FN5O. The van der Waals surface area contributed by atoms with Crippen molar-refractivity contribution >= 4 is 5.91 Å². The van der Waals surface area contributed by atoms with Crippen molar-refractivity contribution in [3.8, 4) is 5.69 Å². The number of aryl methyl sites for hydroxylation is 2. The molecule has 2 aromatic heterocycles. The molecule has 0 saturated carbocycles. The third-order valence-electron chi connectivity index (χ3n) is 4.50. The van der Waals surface area contributed by atoms with E-state index in [4.69, 9.17) is 0 Å². The summed E-state index contributed by atoms with van der Waals surface area (Å²) < 4.78 is 14.7. The van der Waals surface area contributed by atoms with Gasteiger partial charge in [0, 0.05) is 43.9 Å². The van der Waals surface area contributed by atoms with Gasteiger partial charge in [0.25, 0.3) is 0 Å². The fourth-order valence-electron chi connectivity index (χ4n) is 2.73. The zero-order valence-electron chi connectivity index (χ0n) is 15.2. The SMILES string of the molecule is Cc1[nH]nc(CCC(=O)N(C)Cc2cnn(-c3ccc(F)cc3)c2)c1C. The Kier molecular flexibility index (Phi) is 5.16. The van der Waals surface area contributed by atoms with Crippen molar-refractivity contribution in [2.45, 2.75) is 33.2 Å². The first kappa shape index (κ1) is 17.8. The summed E-state index contributed by atoms with van der Waals surface area (Å²) in [5.41, 5.74) is 4.77. The number of benzene rings is 1. The van der Waals surface area contributed by atoms with Gasteiger partial charge in [-0.1, -0.05) is 0 Å². The monoisotopic (exact) mass is 355 g/mol. The van der Waals surface area contributed by atoms with Crippen LogP contribution in [0.4, 0.5) is 4.39 Å². The van der Waals surface area contributed by atoms with Crippen molar-refractivity contribution < 1.29 is 9.18 Å². The van der Waals surface area contributed by atoms with Crippen molar-refractivity contribution in [2.75, 3.05) is 7.05 Å². The van der Waals surface area contributed by atoms with Crippen molar-refractivity contribution in [1.82, 2.24) is 24.9 Å². The molecule has 7 heteroatoms. The Morgan fingerprint density at radius 3 is 2.65 bits per heavy atom. The van der Waals surface area contributed by atoms with Gasteiger partial charge >= 0.3 is 0 Å². The van der Waals surface area contributed by atoms with Crippen LogP contribution in [0.15, 0.2) is 36.7 Å². The molecule has 0 radical (unpaired) electrons. The molecule has 6 nitrogen and oxygen atoms in total. The highest BCUT2D eigenvalue weighted by Gasteiger charge is 2.13. The Hall–Kier alpha value is -2.96. The van der Waals surface area contributed by atoms with Gasteiger partial charge in [-0.2, -0.15) is 10.2 Å². The lowest BCUT2D eigenvalue weighted by Crippen LogP contribution is -2.26. The molecule has 0 unspecified atom stereocenters. The third-order valence-corrected chi connectivity index (χ3v) is 4.50. The quantitative estimate of drug-likeness (QED) is 0.739. The standard InChI is InChI=1S/C19H22FN5O/c1-13-14(2)22-23-18(13)8-9-19(26)24(3)11-15-10-21-25(12-15)17-6-4-16(20)5-7-17/h4-7,10,12H,8-9,11H2,1-3H3,(H,22,23). The number of carbonyl (C=O) groups is 1. The zero-order chi connectivity index (χ0) is 18.7. The average Bonchev–Trinajstić information content (AvgIpc) is 3.21. The first-order chi connectivity index (χ1) is 12.4. The summed E-state index contributed by atoms with van der Waals surface area (Å²) >= 11 is 0. The fourth-order valence-corrected chi connectivity index (χ4v) is 2.73. The summed E-state index contributed by atoms with van der Waals surface area (Å²) in [6, 6.07) is 6.11. The number of nitrogens with one attached hydrogen (secondary N) is 1. The lowest BCUT2D eigenvalue weighted by atomic mass is 10.1. The van der Waals surface area contributed by atoms with Gasteiger partial charge in [0.15, 0.2) is 0 Å². The Labute approximate surface area is 151 Å². The van der Waals surface area contributed by atoms with Crippen LogP contribution in [0, 0.1) is 19.7 Å². The molecule has 0 aliphatic heterocycles. The molecule has 0 spiro atoms. The summed E-state index contributed by atoms with van der Waals surface area (Å²) in [4.78, 5) is 14.1. The predicted molar refractivity (Wildman–Crippen MR) is 96.4 cm³/mol. The maximum absolute atomic E-state index is 13.0. The average molecular weight is 355 g/mol. The van der Waals surface area contributed by atoms with Crippen molar-refractivity contribution in [3.05, 3.63) is 65.0 Å². The van der Waals surface area contributed by atoms with Crippen LogP contribution in [0.2, 0.25) is 0 Å². The number of H-pyrrole nitrogens is 1. The Morgan fingerprint density at radius 2 is 2.00 bits per heavy atom.